The first-order chi connectivity index (χ1) is 15.7. The van der Waals surface area contributed by atoms with Gasteiger partial charge in [0, 0.05) is 18.3 Å². The normalized spacial score (nSPS) is 11.0. The largest absolute Gasteiger partial charge is 0.427 e. The van der Waals surface area contributed by atoms with Crippen LogP contribution in [0.3, 0.4) is 0 Å². The van der Waals surface area contributed by atoms with Gasteiger partial charge in [0.15, 0.2) is 0 Å². The minimum absolute atomic E-state index is 0.00847. The molecule has 0 unspecified atom stereocenters. The lowest BCUT2D eigenvalue weighted by Crippen LogP contribution is -2.29. The first-order valence-corrected chi connectivity index (χ1v) is 10.4. The fourth-order valence-electron chi connectivity index (χ4n) is 2.90. The zero-order valence-corrected chi connectivity index (χ0v) is 19.0. The van der Waals surface area contributed by atoms with Crippen molar-refractivity contribution in [3.05, 3.63) is 70.8 Å². The number of hydrogen-bond donors (Lipinski definition) is 1. The maximum Gasteiger partial charge on any atom is 0.345 e. The zero-order chi connectivity index (χ0) is 24.0. The van der Waals surface area contributed by atoms with Gasteiger partial charge >= 0.3 is 11.9 Å². The Balaban J connectivity index is 2.08. The van der Waals surface area contributed by atoms with Gasteiger partial charge in [0.2, 0.25) is 6.79 Å². The van der Waals surface area contributed by atoms with Crippen molar-refractivity contribution in [3.63, 3.8) is 0 Å². The van der Waals surface area contributed by atoms with Crippen molar-refractivity contribution >= 4 is 23.3 Å². The predicted octanol–water partition coefficient (Wildman–Crippen LogP) is 3.77. The minimum Gasteiger partial charge on any atom is -0.427 e. The molecule has 0 aliphatic heterocycles. The summed E-state index contributed by atoms with van der Waals surface area (Å²) < 4.78 is 11.6. The van der Waals surface area contributed by atoms with Gasteiger partial charge in [-0.05, 0) is 39.8 Å². The molecule has 2 heterocycles. The molecule has 0 atom stereocenters. The van der Waals surface area contributed by atoms with Crippen LogP contribution in [0.15, 0.2) is 59.7 Å². The summed E-state index contributed by atoms with van der Waals surface area (Å²) >= 11 is 0. The molecule has 0 bridgehead atoms. The summed E-state index contributed by atoms with van der Waals surface area (Å²) in [5, 5.41) is 7.39. The number of rotatable bonds is 7. The Kier molecular flexibility index (Phi) is 7.22. The van der Waals surface area contributed by atoms with Gasteiger partial charge in [-0.15, -0.1) is 0 Å². The molecule has 0 amide bonds. The number of nitrogens with one attached hydrogen (secondary N) is 1. The molecule has 1 aromatic carbocycles. The molecule has 2 aromatic heterocycles. The fourth-order valence-corrected chi connectivity index (χ4v) is 2.90. The molecule has 33 heavy (non-hydrogen) atoms. The maximum atomic E-state index is 13.2. The molecule has 0 saturated heterocycles. The van der Waals surface area contributed by atoms with E-state index in [0.717, 1.165) is 0 Å². The van der Waals surface area contributed by atoms with Gasteiger partial charge in [-0.1, -0.05) is 30.3 Å². The van der Waals surface area contributed by atoms with Gasteiger partial charge in [0.05, 0.1) is 17.3 Å². The summed E-state index contributed by atoms with van der Waals surface area (Å²) in [7, 11) is 0. The highest BCUT2D eigenvalue weighted by atomic mass is 16.7. The second kappa shape index (κ2) is 10.1. The number of esters is 2. The van der Waals surface area contributed by atoms with Crippen LogP contribution in [-0.4, -0.2) is 33.5 Å². The van der Waals surface area contributed by atoms with Crippen LogP contribution in [-0.2, 0) is 20.8 Å². The van der Waals surface area contributed by atoms with Gasteiger partial charge in [-0.3, -0.25) is 14.6 Å². The summed E-state index contributed by atoms with van der Waals surface area (Å²) in [6, 6.07) is 12.4. The third-order valence-electron chi connectivity index (χ3n) is 4.63. The molecule has 9 nitrogen and oxygen atoms in total. The smallest absolute Gasteiger partial charge is 0.345 e. The Morgan fingerprint density at radius 2 is 1.79 bits per heavy atom. The van der Waals surface area contributed by atoms with E-state index in [2.05, 4.69) is 15.4 Å². The van der Waals surface area contributed by atoms with E-state index in [-0.39, 0.29) is 16.9 Å². The molecule has 0 saturated carbocycles. The Morgan fingerprint density at radius 1 is 1.06 bits per heavy atom. The summed E-state index contributed by atoms with van der Waals surface area (Å²) in [5.41, 5.74) is 0.0635. The lowest BCUT2D eigenvalue weighted by molar-refractivity contribution is -0.161. The summed E-state index contributed by atoms with van der Waals surface area (Å²) in [5.74, 6) is -1.37. The molecular formula is C24H26N4O5. The van der Waals surface area contributed by atoms with Crippen molar-refractivity contribution in [1.29, 1.82) is 0 Å². The lowest BCUT2D eigenvalue weighted by atomic mass is 9.98. The fraction of sp³-hybridized carbons (Fsp3) is 0.292. The van der Waals surface area contributed by atoms with Crippen molar-refractivity contribution in [1.82, 2.24) is 14.8 Å². The summed E-state index contributed by atoms with van der Waals surface area (Å²) in [4.78, 5) is 42.4. The molecule has 0 aliphatic rings. The maximum absolute atomic E-state index is 13.2. The SMILES string of the molecule is CCn1nc(-c2ccccc2)c(C(=O)OCOC(=O)C(C)(C)C)c(Nc2cccnc2)c1=O. The van der Waals surface area contributed by atoms with Crippen LogP contribution in [0.25, 0.3) is 11.3 Å². The molecule has 1 N–H and O–H groups in total. The highest BCUT2D eigenvalue weighted by molar-refractivity contribution is 6.02. The van der Waals surface area contributed by atoms with Crippen LogP contribution in [0.2, 0.25) is 0 Å². The van der Waals surface area contributed by atoms with Crippen LogP contribution >= 0.6 is 0 Å². The predicted molar refractivity (Wildman–Crippen MR) is 123 cm³/mol. The van der Waals surface area contributed by atoms with E-state index in [9.17, 15) is 14.4 Å². The van der Waals surface area contributed by atoms with Gasteiger partial charge < -0.3 is 14.8 Å². The van der Waals surface area contributed by atoms with E-state index < -0.39 is 29.7 Å². The number of hydrogen-bond acceptors (Lipinski definition) is 8. The van der Waals surface area contributed by atoms with E-state index in [4.69, 9.17) is 9.47 Å². The molecule has 3 aromatic rings. The van der Waals surface area contributed by atoms with Gasteiger partial charge in [0.1, 0.15) is 16.9 Å². The van der Waals surface area contributed by atoms with E-state index in [1.165, 1.54) is 10.9 Å². The second-order valence-electron chi connectivity index (χ2n) is 8.18. The quantitative estimate of drug-likeness (QED) is 0.428. The van der Waals surface area contributed by atoms with Gasteiger partial charge in [0.25, 0.3) is 5.56 Å². The number of carbonyl (C=O) groups excluding carboxylic acids is 2. The number of benzene rings is 1. The van der Waals surface area contributed by atoms with Crippen molar-refractivity contribution in [2.24, 2.45) is 5.41 Å². The van der Waals surface area contributed by atoms with Gasteiger partial charge in [-0.2, -0.15) is 5.10 Å². The van der Waals surface area contributed by atoms with E-state index in [0.29, 0.717) is 17.8 Å². The van der Waals surface area contributed by atoms with Crippen LogP contribution in [0.4, 0.5) is 11.4 Å². The lowest BCUT2D eigenvalue weighted by Gasteiger charge is -2.18. The molecule has 9 heteroatoms. The Hall–Kier alpha value is -4.01. The topological polar surface area (TPSA) is 112 Å². The monoisotopic (exact) mass is 450 g/mol. The number of carbonyl (C=O) groups is 2. The summed E-state index contributed by atoms with van der Waals surface area (Å²) in [6.45, 7) is 6.55. The molecule has 0 aliphatic carbocycles. The average molecular weight is 450 g/mol. The number of aromatic nitrogens is 3. The van der Waals surface area contributed by atoms with E-state index in [1.54, 1.807) is 70.3 Å². The van der Waals surface area contributed by atoms with Crippen LogP contribution in [0, 0.1) is 5.41 Å². The summed E-state index contributed by atoms with van der Waals surface area (Å²) in [6.07, 6.45) is 3.12. The highest BCUT2D eigenvalue weighted by Gasteiger charge is 2.27. The minimum atomic E-state index is -0.852. The van der Waals surface area contributed by atoms with Crippen molar-refractivity contribution in [2.45, 2.75) is 34.2 Å². The van der Waals surface area contributed by atoms with Crippen LogP contribution in [0.1, 0.15) is 38.1 Å². The number of nitrogens with zero attached hydrogens (tertiary/aromatic N) is 3. The third-order valence-corrected chi connectivity index (χ3v) is 4.63. The zero-order valence-electron chi connectivity index (χ0n) is 19.0. The van der Waals surface area contributed by atoms with Crippen molar-refractivity contribution in [3.8, 4) is 11.3 Å². The molecular weight excluding hydrogens is 424 g/mol. The second-order valence-corrected chi connectivity index (χ2v) is 8.18. The number of ether oxygens (including phenoxy) is 2. The number of pyridine rings is 1. The average Bonchev–Trinajstić information content (AvgIpc) is 2.80. The molecule has 3 rings (SSSR count). The molecule has 0 spiro atoms. The van der Waals surface area contributed by atoms with E-state index >= 15 is 0 Å². The molecule has 0 radical (unpaired) electrons. The molecule has 172 valence electrons. The van der Waals surface area contributed by atoms with Crippen molar-refractivity contribution in [2.75, 3.05) is 12.1 Å². The van der Waals surface area contributed by atoms with Crippen LogP contribution < -0.4 is 10.9 Å². The third kappa shape index (κ3) is 5.62. The molecule has 0 fully saturated rings. The first-order valence-electron chi connectivity index (χ1n) is 10.4. The highest BCUT2D eigenvalue weighted by Crippen LogP contribution is 2.28. The Labute approximate surface area is 191 Å². The van der Waals surface area contributed by atoms with E-state index in [1.807, 2.05) is 6.07 Å². The Morgan fingerprint density at radius 3 is 2.39 bits per heavy atom. The first kappa shape index (κ1) is 23.6. The van der Waals surface area contributed by atoms with Crippen molar-refractivity contribution < 1.29 is 19.1 Å². The van der Waals surface area contributed by atoms with Crippen LogP contribution in [0.5, 0.6) is 0 Å². The number of aryl methyl sites for hydroxylation is 1. The standard InChI is InChI=1S/C24H26N4O5/c1-5-28-21(29)20(26-17-12-9-13-25-14-17)18(19(27-28)16-10-7-6-8-11-16)22(30)32-15-33-23(31)24(2,3)4/h6-14,26H,5,15H2,1-4H3. The number of anilines is 2. The van der Waals surface area contributed by atoms with Gasteiger partial charge in [-0.25, -0.2) is 9.48 Å². The Bertz CT molecular complexity index is 1190.